The highest BCUT2D eigenvalue weighted by Gasteiger charge is 2.43. The van der Waals surface area contributed by atoms with Crippen LogP contribution < -0.4 is 10.6 Å². The number of carbonyl (C=O) groups excluding carboxylic acids is 2. The van der Waals surface area contributed by atoms with Crippen LogP contribution in [0.25, 0.3) is 0 Å². The molecule has 1 aliphatic carbocycles. The first-order valence-corrected chi connectivity index (χ1v) is 5.87. The average molecular weight is 252 g/mol. The molecule has 2 amide bonds. The van der Waals surface area contributed by atoms with Crippen LogP contribution in [0.15, 0.2) is 23.0 Å². The van der Waals surface area contributed by atoms with Gasteiger partial charge in [-0.3, -0.25) is 9.59 Å². The van der Waals surface area contributed by atoms with Crippen LogP contribution >= 0.6 is 0 Å². The molecular formula is C12H16N2O4. The molecule has 0 spiro atoms. The lowest BCUT2D eigenvalue weighted by Crippen LogP contribution is -2.41. The summed E-state index contributed by atoms with van der Waals surface area (Å²) in [6.45, 7) is 0.234. The van der Waals surface area contributed by atoms with E-state index in [-0.39, 0.29) is 31.4 Å². The first-order chi connectivity index (χ1) is 8.65. The van der Waals surface area contributed by atoms with Gasteiger partial charge in [0.2, 0.25) is 5.91 Å². The lowest BCUT2D eigenvalue weighted by Gasteiger charge is -2.14. The van der Waals surface area contributed by atoms with Gasteiger partial charge in [-0.2, -0.15) is 0 Å². The fourth-order valence-corrected chi connectivity index (χ4v) is 1.62. The Balaban J connectivity index is 1.66. The van der Waals surface area contributed by atoms with E-state index in [0.29, 0.717) is 5.56 Å². The lowest BCUT2D eigenvalue weighted by atomic mass is 10.2. The zero-order valence-electron chi connectivity index (χ0n) is 9.94. The third-order valence-corrected chi connectivity index (χ3v) is 2.98. The van der Waals surface area contributed by atoms with Gasteiger partial charge in [-0.05, 0) is 18.9 Å². The van der Waals surface area contributed by atoms with Crippen LogP contribution in [-0.4, -0.2) is 35.6 Å². The lowest BCUT2D eigenvalue weighted by molar-refractivity contribution is -0.122. The zero-order chi connectivity index (χ0) is 13.0. The molecule has 0 aliphatic heterocycles. The van der Waals surface area contributed by atoms with Crippen LogP contribution in [0.3, 0.4) is 0 Å². The van der Waals surface area contributed by atoms with Crippen molar-refractivity contribution in [3.63, 3.8) is 0 Å². The molecule has 1 aromatic heterocycles. The third-order valence-electron chi connectivity index (χ3n) is 2.98. The topological polar surface area (TPSA) is 91.6 Å². The predicted molar refractivity (Wildman–Crippen MR) is 62.9 cm³/mol. The summed E-state index contributed by atoms with van der Waals surface area (Å²) in [5.74, 6) is -0.422. The van der Waals surface area contributed by atoms with Crippen LogP contribution in [0, 0.1) is 0 Å². The molecule has 98 valence electrons. The van der Waals surface area contributed by atoms with E-state index >= 15 is 0 Å². The van der Waals surface area contributed by atoms with Crippen molar-refractivity contribution in [2.45, 2.75) is 24.8 Å². The van der Waals surface area contributed by atoms with Crippen LogP contribution in [0.2, 0.25) is 0 Å². The van der Waals surface area contributed by atoms with Crippen molar-refractivity contribution in [2.75, 3.05) is 13.2 Å². The van der Waals surface area contributed by atoms with Gasteiger partial charge in [0.25, 0.3) is 5.91 Å². The second-order valence-corrected chi connectivity index (χ2v) is 4.50. The Morgan fingerprint density at radius 1 is 1.44 bits per heavy atom. The van der Waals surface area contributed by atoms with Crippen LogP contribution in [0.5, 0.6) is 0 Å². The zero-order valence-corrected chi connectivity index (χ0v) is 9.94. The van der Waals surface area contributed by atoms with Gasteiger partial charge in [0.1, 0.15) is 6.26 Å². The molecule has 0 unspecified atom stereocenters. The summed E-state index contributed by atoms with van der Waals surface area (Å²) >= 11 is 0. The Hall–Kier alpha value is -1.82. The maximum atomic E-state index is 11.5. The minimum atomic E-state index is -0.397. The monoisotopic (exact) mass is 252 g/mol. The van der Waals surface area contributed by atoms with Gasteiger partial charge in [-0.1, -0.05) is 0 Å². The molecular weight excluding hydrogens is 236 g/mol. The highest BCUT2D eigenvalue weighted by molar-refractivity contribution is 5.94. The Bertz CT molecular complexity index is 423. The Kier molecular flexibility index (Phi) is 3.66. The minimum Gasteiger partial charge on any atom is -0.472 e. The highest BCUT2D eigenvalue weighted by Crippen LogP contribution is 2.34. The van der Waals surface area contributed by atoms with Gasteiger partial charge in [0.15, 0.2) is 0 Å². The summed E-state index contributed by atoms with van der Waals surface area (Å²) in [7, 11) is 0. The summed E-state index contributed by atoms with van der Waals surface area (Å²) in [6, 6.07) is 1.56. The van der Waals surface area contributed by atoms with Crippen LogP contribution in [0.1, 0.15) is 29.6 Å². The number of aliphatic hydroxyl groups is 1. The largest absolute Gasteiger partial charge is 0.472 e. The van der Waals surface area contributed by atoms with Crippen molar-refractivity contribution < 1.29 is 19.1 Å². The molecule has 1 saturated carbocycles. The number of amides is 2. The maximum Gasteiger partial charge on any atom is 0.254 e. The molecule has 6 nitrogen and oxygen atoms in total. The molecule has 1 aliphatic rings. The van der Waals surface area contributed by atoms with E-state index in [1.165, 1.54) is 12.5 Å². The summed E-state index contributed by atoms with van der Waals surface area (Å²) in [5, 5.41) is 14.4. The Labute approximate surface area is 104 Å². The third kappa shape index (κ3) is 3.10. The molecule has 3 N–H and O–H groups in total. The first kappa shape index (κ1) is 12.6. The number of rotatable bonds is 6. The van der Waals surface area contributed by atoms with E-state index in [9.17, 15) is 9.59 Å². The number of nitrogens with one attached hydrogen (secondary N) is 2. The van der Waals surface area contributed by atoms with Crippen molar-refractivity contribution in [3.05, 3.63) is 24.2 Å². The first-order valence-electron chi connectivity index (χ1n) is 5.87. The number of furan rings is 1. The van der Waals surface area contributed by atoms with Gasteiger partial charge in [0, 0.05) is 13.0 Å². The maximum absolute atomic E-state index is 11.5. The van der Waals surface area contributed by atoms with E-state index in [0.717, 1.165) is 12.8 Å². The number of hydrogen-bond donors (Lipinski definition) is 3. The molecule has 0 aromatic carbocycles. The molecule has 1 fully saturated rings. The SMILES string of the molecule is O=C(CCNC(=O)c1ccoc1)NC1(CO)CC1. The molecule has 1 aromatic rings. The van der Waals surface area contributed by atoms with Gasteiger partial charge >= 0.3 is 0 Å². The van der Waals surface area contributed by atoms with E-state index in [2.05, 4.69) is 10.6 Å². The van der Waals surface area contributed by atoms with Gasteiger partial charge in [-0.25, -0.2) is 0 Å². The summed E-state index contributed by atoms with van der Waals surface area (Å²) in [4.78, 5) is 23.0. The molecule has 2 rings (SSSR count). The van der Waals surface area contributed by atoms with Crippen LogP contribution in [0.4, 0.5) is 0 Å². The van der Waals surface area contributed by atoms with Crippen LogP contribution in [-0.2, 0) is 4.79 Å². The summed E-state index contributed by atoms with van der Waals surface area (Å²) in [5.41, 5.74) is 0.0375. The molecule has 0 saturated heterocycles. The Morgan fingerprint density at radius 2 is 2.22 bits per heavy atom. The fraction of sp³-hybridized carbons (Fsp3) is 0.500. The fourth-order valence-electron chi connectivity index (χ4n) is 1.62. The van der Waals surface area contributed by atoms with Gasteiger partial charge < -0.3 is 20.2 Å². The van der Waals surface area contributed by atoms with Crippen molar-refractivity contribution >= 4 is 11.8 Å². The molecule has 0 radical (unpaired) electrons. The molecule has 0 bridgehead atoms. The standard InChI is InChI=1S/C12H16N2O4/c15-8-12(3-4-12)14-10(16)1-5-13-11(17)9-2-6-18-7-9/h2,6-7,15H,1,3-5,8H2,(H,13,17)(H,14,16). The normalized spacial score (nSPS) is 16.1. The molecule has 0 atom stereocenters. The van der Waals surface area contributed by atoms with Crippen molar-refractivity contribution in [3.8, 4) is 0 Å². The highest BCUT2D eigenvalue weighted by atomic mass is 16.3. The van der Waals surface area contributed by atoms with E-state index in [1.807, 2.05) is 0 Å². The van der Waals surface area contributed by atoms with Gasteiger partial charge in [0.05, 0.1) is 24.0 Å². The van der Waals surface area contributed by atoms with E-state index in [1.54, 1.807) is 6.07 Å². The smallest absolute Gasteiger partial charge is 0.254 e. The van der Waals surface area contributed by atoms with Crippen molar-refractivity contribution in [1.29, 1.82) is 0 Å². The number of aliphatic hydroxyl groups excluding tert-OH is 1. The molecule has 18 heavy (non-hydrogen) atoms. The quantitative estimate of drug-likeness (QED) is 0.666. The minimum absolute atomic E-state index is 0.0277. The number of hydrogen-bond acceptors (Lipinski definition) is 4. The molecule has 1 heterocycles. The summed E-state index contributed by atoms with van der Waals surface area (Å²) in [6.07, 6.45) is 4.60. The van der Waals surface area contributed by atoms with Crippen molar-refractivity contribution in [1.82, 2.24) is 10.6 Å². The predicted octanol–water partition coefficient (Wildman–Crippen LogP) is 0.0406. The average Bonchev–Trinajstić information content (AvgIpc) is 2.92. The molecule has 6 heteroatoms. The second-order valence-electron chi connectivity index (χ2n) is 4.50. The number of carbonyl (C=O) groups is 2. The Morgan fingerprint density at radius 3 is 2.78 bits per heavy atom. The second kappa shape index (κ2) is 5.22. The van der Waals surface area contributed by atoms with E-state index in [4.69, 9.17) is 9.52 Å². The van der Waals surface area contributed by atoms with Crippen molar-refractivity contribution in [2.24, 2.45) is 0 Å². The summed E-state index contributed by atoms with van der Waals surface area (Å²) < 4.78 is 4.78. The van der Waals surface area contributed by atoms with Gasteiger partial charge in [-0.15, -0.1) is 0 Å². The van der Waals surface area contributed by atoms with E-state index < -0.39 is 5.54 Å².